The summed E-state index contributed by atoms with van der Waals surface area (Å²) >= 11 is 0. The molecule has 0 aliphatic rings. The lowest BCUT2D eigenvalue weighted by molar-refractivity contribution is -0.138. The number of rotatable bonds is 11. The monoisotopic (exact) mass is 496 g/mol. The predicted molar refractivity (Wildman–Crippen MR) is 135 cm³/mol. The number of hydroxylamine groups is 2. The van der Waals surface area contributed by atoms with Gasteiger partial charge in [0.1, 0.15) is 5.75 Å². The zero-order chi connectivity index (χ0) is 25.4. The SMILES string of the molecule is CCC(=O)NS(=O)(=O)c1ccc(C(CC)N(O)Cc2cccc(OC)c2Cc2ccccc2)cc1. The molecule has 1 atom stereocenters. The van der Waals surface area contributed by atoms with Crippen molar-refractivity contribution in [3.63, 3.8) is 0 Å². The molecule has 1 unspecified atom stereocenters. The molecule has 0 saturated carbocycles. The number of sulfonamides is 1. The molecule has 3 aromatic rings. The molecule has 3 rings (SSSR count). The van der Waals surface area contributed by atoms with Crippen LogP contribution in [0.15, 0.2) is 77.7 Å². The van der Waals surface area contributed by atoms with Gasteiger partial charge < -0.3 is 9.94 Å². The second kappa shape index (κ2) is 12.0. The molecule has 0 aromatic heterocycles. The van der Waals surface area contributed by atoms with E-state index in [1.165, 1.54) is 17.2 Å². The second-order valence-corrected chi connectivity index (χ2v) is 9.92. The summed E-state index contributed by atoms with van der Waals surface area (Å²) in [5.74, 6) is 0.197. The minimum Gasteiger partial charge on any atom is -0.496 e. The largest absolute Gasteiger partial charge is 0.496 e. The molecule has 0 spiro atoms. The van der Waals surface area contributed by atoms with Crippen molar-refractivity contribution in [2.45, 2.75) is 50.6 Å². The molecule has 35 heavy (non-hydrogen) atoms. The summed E-state index contributed by atoms with van der Waals surface area (Å²) in [6, 6.07) is 21.7. The minimum absolute atomic E-state index is 0.000311. The van der Waals surface area contributed by atoms with Gasteiger partial charge in [-0.05, 0) is 41.3 Å². The van der Waals surface area contributed by atoms with Crippen LogP contribution in [0.5, 0.6) is 5.75 Å². The fourth-order valence-electron chi connectivity index (χ4n) is 4.00. The fraction of sp³-hybridized carbons (Fsp3) is 0.296. The third-order valence-corrected chi connectivity index (χ3v) is 7.29. The first-order valence-corrected chi connectivity index (χ1v) is 13.1. The van der Waals surface area contributed by atoms with Crippen LogP contribution in [0.3, 0.4) is 0 Å². The highest BCUT2D eigenvalue weighted by Crippen LogP contribution is 2.30. The smallest absolute Gasteiger partial charge is 0.264 e. The molecule has 186 valence electrons. The third kappa shape index (κ3) is 6.69. The van der Waals surface area contributed by atoms with Crippen LogP contribution in [0.1, 0.15) is 55.0 Å². The first kappa shape index (κ1) is 26.4. The number of benzene rings is 3. The van der Waals surface area contributed by atoms with Gasteiger partial charge in [0.05, 0.1) is 18.0 Å². The van der Waals surface area contributed by atoms with Crippen LogP contribution in [0.2, 0.25) is 0 Å². The van der Waals surface area contributed by atoms with Gasteiger partial charge in [0.15, 0.2) is 0 Å². The van der Waals surface area contributed by atoms with E-state index in [0.29, 0.717) is 12.8 Å². The van der Waals surface area contributed by atoms with Gasteiger partial charge >= 0.3 is 0 Å². The lowest BCUT2D eigenvalue weighted by atomic mass is 9.97. The van der Waals surface area contributed by atoms with Crippen molar-refractivity contribution in [2.75, 3.05) is 7.11 Å². The van der Waals surface area contributed by atoms with Crippen molar-refractivity contribution in [1.82, 2.24) is 9.79 Å². The van der Waals surface area contributed by atoms with Gasteiger partial charge in [0, 0.05) is 24.9 Å². The molecule has 1 amide bonds. The molecule has 0 fully saturated rings. The fourth-order valence-corrected chi connectivity index (χ4v) is 5.06. The Hall–Kier alpha value is -3.20. The highest BCUT2D eigenvalue weighted by Gasteiger charge is 2.22. The van der Waals surface area contributed by atoms with Gasteiger partial charge in [-0.3, -0.25) is 4.79 Å². The number of nitrogens with one attached hydrogen (secondary N) is 1. The number of amides is 1. The summed E-state index contributed by atoms with van der Waals surface area (Å²) in [6.45, 7) is 3.81. The lowest BCUT2D eigenvalue weighted by Crippen LogP contribution is -2.30. The lowest BCUT2D eigenvalue weighted by Gasteiger charge is -2.27. The van der Waals surface area contributed by atoms with Crippen LogP contribution < -0.4 is 9.46 Å². The molecule has 3 aromatic carbocycles. The summed E-state index contributed by atoms with van der Waals surface area (Å²) in [7, 11) is -2.29. The number of hydrogen-bond acceptors (Lipinski definition) is 6. The zero-order valence-corrected chi connectivity index (χ0v) is 21.1. The predicted octanol–water partition coefficient (Wildman–Crippen LogP) is 4.84. The van der Waals surface area contributed by atoms with Crippen LogP contribution in [0.25, 0.3) is 0 Å². The summed E-state index contributed by atoms with van der Waals surface area (Å²) in [4.78, 5) is 11.5. The Morgan fingerprint density at radius 3 is 2.29 bits per heavy atom. The van der Waals surface area contributed by atoms with Crippen LogP contribution in [0.4, 0.5) is 0 Å². The van der Waals surface area contributed by atoms with E-state index in [4.69, 9.17) is 4.74 Å². The molecule has 0 bridgehead atoms. The van der Waals surface area contributed by atoms with Gasteiger partial charge in [-0.15, -0.1) is 0 Å². The molecule has 2 N–H and O–H groups in total. The minimum atomic E-state index is -3.92. The van der Waals surface area contributed by atoms with Gasteiger partial charge in [0.2, 0.25) is 5.91 Å². The molecular formula is C27H32N2O5S. The van der Waals surface area contributed by atoms with Gasteiger partial charge in [-0.1, -0.05) is 68.4 Å². The number of ether oxygens (including phenoxy) is 1. The Balaban J connectivity index is 1.82. The summed E-state index contributed by atoms with van der Waals surface area (Å²) in [5.41, 5.74) is 3.85. The van der Waals surface area contributed by atoms with Crippen LogP contribution in [-0.4, -0.2) is 31.7 Å². The first-order chi connectivity index (χ1) is 16.8. The van der Waals surface area contributed by atoms with Crippen LogP contribution >= 0.6 is 0 Å². The van der Waals surface area contributed by atoms with E-state index in [-0.39, 0.29) is 23.9 Å². The van der Waals surface area contributed by atoms with E-state index in [0.717, 1.165) is 28.0 Å². The van der Waals surface area contributed by atoms with E-state index in [1.807, 2.05) is 48.0 Å². The summed E-state index contributed by atoms with van der Waals surface area (Å²) in [5, 5.41) is 12.3. The third-order valence-electron chi connectivity index (χ3n) is 5.90. The Bertz CT molecular complexity index is 1230. The Kier molecular flexibility index (Phi) is 9.03. The molecule has 0 saturated heterocycles. The van der Waals surface area contributed by atoms with Crippen molar-refractivity contribution < 1.29 is 23.2 Å². The highest BCUT2D eigenvalue weighted by atomic mass is 32.2. The number of nitrogens with zero attached hydrogens (tertiary/aromatic N) is 1. The maximum atomic E-state index is 12.4. The standard InChI is InChI=1S/C27H32N2O5S/c1-4-25(21-14-16-23(17-15-21)35(32,33)28-27(30)5-2)29(31)19-22-12-9-13-26(34-3)24(22)18-20-10-7-6-8-11-20/h6-17,25,31H,4-5,18-19H2,1-3H3,(H,28,30). The van der Waals surface area contributed by atoms with Crippen molar-refractivity contribution in [3.05, 3.63) is 95.1 Å². The maximum Gasteiger partial charge on any atom is 0.264 e. The van der Waals surface area contributed by atoms with Gasteiger partial charge in [-0.25, -0.2) is 13.1 Å². The van der Waals surface area contributed by atoms with Crippen LogP contribution in [0, 0.1) is 0 Å². The molecule has 7 nitrogen and oxygen atoms in total. The number of carbonyl (C=O) groups excluding carboxylic acids is 1. The van der Waals surface area contributed by atoms with Crippen molar-refractivity contribution >= 4 is 15.9 Å². The van der Waals surface area contributed by atoms with E-state index < -0.39 is 15.9 Å². The number of hydrogen-bond donors (Lipinski definition) is 2. The van der Waals surface area contributed by atoms with Crippen LogP contribution in [-0.2, 0) is 27.8 Å². The van der Waals surface area contributed by atoms with E-state index >= 15 is 0 Å². The molecule has 0 aliphatic heterocycles. The van der Waals surface area contributed by atoms with E-state index in [2.05, 4.69) is 12.1 Å². The highest BCUT2D eigenvalue weighted by molar-refractivity contribution is 7.90. The molecule has 0 radical (unpaired) electrons. The maximum absolute atomic E-state index is 12.4. The van der Waals surface area contributed by atoms with Gasteiger partial charge in [-0.2, -0.15) is 5.06 Å². The van der Waals surface area contributed by atoms with E-state index in [9.17, 15) is 18.4 Å². The first-order valence-electron chi connectivity index (χ1n) is 11.6. The average Bonchev–Trinajstić information content (AvgIpc) is 2.86. The van der Waals surface area contributed by atoms with Crippen molar-refractivity contribution in [2.24, 2.45) is 0 Å². The molecule has 0 heterocycles. The molecule has 8 heteroatoms. The van der Waals surface area contributed by atoms with Crippen molar-refractivity contribution in [3.8, 4) is 5.75 Å². The van der Waals surface area contributed by atoms with E-state index in [1.54, 1.807) is 26.2 Å². The van der Waals surface area contributed by atoms with Gasteiger partial charge in [0.25, 0.3) is 10.0 Å². The molecule has 0 aliphatic carbocycles. The normalized spacial score (nSPS) is 12.4. The Morgan fingerprint density at radius 1 is 1.00 bits per heavy atom. The van der Waals surface area contributed by atoms with Crippen molar-refractivity contribution in [1.29, 1.82) is 0 Å². The number of methoxy groups -OCH3 is 1. The number of carbonyl (C=O) groups is 1. The average molecular weight is 497 g/mol. The quantitative estimate of drug-likeness (QED) is 0.369. The molecular weight excluding hydrogens is 464 g/mol. The summed E-state index contributed by atoms with van der Waals surface area (Å²) in [6.07, 6.45) is 1.35. The summed E-state index contributed by atoms with van der Waals surface area (Å²) < 4.78 is 32.4. The topological polar surface area (TPSA) is 95.9 Å². The zero-order valence-electron chi connectivity index (χ0n) is 20.3. The Labute approximate surface area is 207 Å². The Morgan fingerprint density at radius 2 is 1.69 bits per heavy atom. The second-order valence-electron chi connectivity index (χ2n) is 8.23.